The third-order valence-electron chi connectivity index (χ3n) is 3.78. The maximum Gasteiger partial charge on any atom is 0.134 e. The number of furan rings is 1. The zero-order valence-electron chi connectivity index (χ0n) is 11.9. The summed E-state index contributed by atoms with van der Waals surface area (Å²) in [5, 5.41) is 1.17. The van der Waals surface area contributed by atoms with Gasteiger partial charge in [-0.1, -0.05) is 63.6 Å². The van der Waals surface area contributed by atoms with Crippen LogP contribution < -0.4 is 5.73 Å². The molecule has 0 bridgehead atoms. The van der Waals surface area contributed by atoms with E-state index in [0.717, 1.165) is 17.6 Å². The Morgan fingerprint density at radius 2 is 1.79 bits per heavy atom. The molecule has 0 aliphatic carbocycles. The SMILES string of the molecule is CCCCCCCCC(N)c1coc2ccccc12. The van der Waals surface area contributed by atoms with Gasteiger partial charge >= 0.3 is 0 Å². The van der Waals surface area contributed by atoms with Crippen LogP contribution in [0.4, 0.5) is 0 Å². The summed E-state index contributed by atoms with van der Waals surface area (Å²) >= 11 is 0. The van der Waals surface area contributed by atoms with E-state index in [9.17, 15) is 0 Å². The van der Waals surface area contributed by atoms with Gasteiger partial charge in [-0.05, 0) is 12.5 Å². The van der Waals surface area contributed by atoms with Gasteiger partial charge in [0.25, 0.3) is 0 Å². The molecule has 0 amide bonds. The molecule has 0 saturated heterocycles. The highest BCUT2D eigenvalue weighted by Crippen LogP contribution is 2.27. The molecule has 0 saturated carbocycles. The number of para-hydroxylation sites is 1. The number of hydrogen-bond acceptors (Lipinski definition) is 2. The summed E-state index contributed by atoms with van der Waals surface area (Å²) in [6.07, 6.45) is 10.8. The number of hydrogen-bond donors (Lipinski definition) is 1. The molecule has 0 aliphatic rings. The molecule has 0 spiro atoms. The van der Waals surface area contributed by atoms with Crippen LogP contribution in [-0.4, -0.2) is 0 Å². The Balaban J connectivity index is 1.81. The van der Waals surface area contributed by atoms with Crippen molar-refractivity contribution in [2.45, 2.75) is 57.9 Å². The summed E-state index contributed by atoms with van der Waals surface area (Å²) in [5.41, 5.74) is 8.38. The minimum Gasteiger partial charge on any atom is -0.464 e. The summed E-state index contributed by atoms with van der Waals surface area (Å²) < 4.78 is 5.55. The molecule has 1 aromatic heterocycles. The first-order valence-corrected chi connectivity index (χ1v) is 7.54. The Morgan fingerprint density at radius 3 is 2.63 bits per heavy atom. The van der Waals surface area contributed by atoms with Crippen molar-refractivity contribution in [3.8, 4) is 0 Å². The minimum absolute atomic E-state index is 0.106. The van der Waals surface area contributed by atoms with Gasteiger partial charge in [-0.15, -0.1) is 0 Å². The highest BCUT2D eigenvalue weighted by molar-refractivity contribution is 5.81. The van der Waals surface area contributed by atoms with E-state index in [-0.39, 0.29) is 6.04 Å². The van der Waals surface area contributed by atoms with Crippen LogP contribution in [0, 0.1) is 0 Å². The summed E-state index contributed by atoms with van der Waals surface area (Å²) in [7, 11) is 0. The van der Waals surface area contributed by atoms with E-state index >= 15 is 0 Å². The lowest BCUT2D eigenvalue weighted by molar-refractivity contribution is 0.540. The summed E-state index contributed by atoms with van der Waals surface area (Å²) in [4.78, 5) is 0. The molecule has 0 radical (unpaired) electrons. The Morgan fingerprint density at radius 1 is 1.05 bits per heavy atom. The number of rotatable bonds is 8. The zero-order valence-corrected chi connectivity index (χ0v) is 11.9. The molecule has 1 heterocycles. The van der Waals surface area contributed by atoms with Crippen molar-refractivity contribution < 1.29 is 4.42 Å². The van der Waals surface area contributed by atoms with Crippen LogP contribution in [0.3, 0.4) is 0 Å². The molecule has 1 unspecified atom stereocenters. The van der Waals surface area contributed by atoms with Gasteiger partial charge in [-0.25, -0.2) is 0 Å². The van der Waals surface area contributed by atoms with Crippen molar-refractivity contribution >= 4 is 11.0 Å². The lowest BCUT2D eigenvalue weighted by atomic mass is 10.00. The second-order valence-electron chi connectivity index (χ2n) is 5.35. The van der Waals surface area contributed by atoms with Crippen LogP contribution in [0.1, 0.15) is 63.5 Å². The second kappa shape index (κ2) is 7.34. The topological polar surface area (TPSA) is 39.2 Å². The summed E-state index contributed by atoms with van der Waals surface area (Å²) in [6, 6.07) is 8.23. The monoisotopic (exact) mass is 259 g/mol. The Bertz CT molecular complexity index is 489. The fraction of sp³-hybridized carbons (Fsp3) is 0.529. The van der Waals surface area contributed by atoms with Crippen molar-refractivity contribution in [1.82, 2.24) is 0 Å². The first-order valence-electron chi connectivity index (χ1n) is 7.54. The Kier molecular flexibility index (Phi) is 5.46. The van der Waals surface area contributed by atoms with Crippen LogP contribution in [0.5, 0.6) is 0 Å². The quantitative estimate of drug-likeness (QED) is 0.663. The Hall–Kier alpha value is -1.28. The van der Waals surface area contributed by atoms with Crippen LogP contribution in [0.25, 0.3) is 11.0 Å². The minimum atomic E-state index is 0.106. The molecule has 0 fully saturated rings. The standard InChI is InChI=1S/C17H25NO/c1-2-3-4-5-6-7-11-16(18)15-13-19-17-12-9-8-10-14(15)17/h8-10,12-13,16H,2-7,11,18H2,1H3. The van der Waals surface area contributed by atoms with Crippen LogP contribution >= 0.6 is 0 Å². The predicted molar refractivity (Wildman–Crippen MR) is 81.1 cm³/mol. The van der Waals surface area contributed by atoms with Gasteiger partial charge in [0.1, 0.15) is 5.58 Å². The number of unbranched alkanes of at least 4 members (excludes halogenated alkanes) is 5. The summed E-state index contributed by atoms with van der Waals surface area (Å²) in [5.74, 6) is 0. The normalized spacial score (nSPS) is 12.9. The zero-order chi connectivity index (χ0) is 13.5. The smallest absolute Gasteiger partial charge is 0.134 e. The average Bonchev–Trinajstić information content (AvgIpc) is 2.86. The van der Waals surface area contributed by atoms with Crippen molar-refractivity contribution in [3.63, 3.8) is 0 Å². The van der Waals surface area contributed by atoms with Crippen molar-refractivity contribution in [3.05, 3.63) is 36.1 Å². The van der Waals surface area contributed by atoms with Crippen molar-refractivity contribution in [2.75, 3.05) is 0 Å². The van der Waals surface area contributed by atoms with Crippen molar-refractivity contribution in [1.29, 1.82) is 0 Å². The van der Waals surface area contributed by atoms with Gasteiger partial charge in [0.05, 0.1) is 6.26 Å². The van der Waals surface area contributed by atoms with Crippen molar-refractivity contribution in [2.24, 2.45) is 5.73 Å². The molecular formula is C17H25NO. The highest BCUT2D eigenvalue weighted by Gasteiger charge is 2.12. The lowest BCUT2D eigenvalue weighted by Gasteiger charge is -2.09. The molecule has 1 aromatic carbocycles. The first-order chi connectivity index (χ1) is 9.33. The molecular weight excluding hydrogens is 234 g/mol. The van der Waals surface area contributed by atoms with Gasteiger partial charge in [0.15, 0.2) is 0 Å². The summed E-state index contributed by atoms with van der Waals surface area (Å²) in [6.45, 7) is 2.25. The van der Waals surface area contributed by atoms with Gasteiger partial charge in [0.2, 0.25) is 0 Å². The third kappa shape index (κ3) is 3.84. The average molecular weight is 259 g/mol. The largest absolute Gasteiger partial charge is 0.464 e. The maximum absolute atomic E-state index is 6.29. The second-order valence-corrected chi connectivity index (χ2v) is 5.35. The fourth-order valence-corrected chi connectivity index (χ4v) is 2.59. The molecule has 19 heavy (non-hydrogen) atoms. The molecule has 104 valence electrons. The number of fused-ring (bicyclic) bond motifs is 1. The van der Waals surface area contributed by atoms with E-state index < -0.39 is 0 Å². The molecule has 2 N–H and O–H groups in total. The molecule has 2 heteroatoms. The van der Waals surface area contributed by atoms with Gasteiger partial charge < -0.3 is 10.2 Å². The van der Waals surface area contributed by atoms with E-state index in [1.54, 1.807) is 0 Å². The molecule has 0 aliphatic heterocycles. The van der Waals surface area contributed by atoms with Crippen LogP contribution in [0.15, 0.2) is 34.9 Å². The lowest BCUT2D eigenvalue weighted by Crippen LogP contribution is -2.09. The Labute approximate surface area is 116 Å². The number of nitrogens with two attached hydrogens (primary N) is 1. The molecule has 2 nitrogen and oxygen atoms in total. The van der Waals surface area contributed by atoms with Gasteiger partial charge in [-0.3, -0.25) is 0 Å². The van der Waals surface area contributed by atoms with E-state index in [2.05, 4.69) is 13.0 Å². The predicted octanol–water partition coefficient (Wildman–Crippen LogP) is 5.18. The third-order valence-corrected chi connectivity index (χ3v) is 3.78. The maximum atomic E-state index is 6.29. The molecule has 1 atom stereocenters. The van der Waals surface area contributed by atoms with E-state index in [1.807, 2.05) is 24.5 Å². The van der Waals surface area contributed by atoms with Crippen LogP contribution in [0.2, 0.25) is 0 Å². The van der Waals surface area contributed by atoms with Crippen LogP contribution in [-0.2, 0) is 0 Å². The molecule has 2 rings (SSSR count). The van der Waals surface area contributed by atoms with E-state index in [4.69, 9.17) is 10.2 Å². The van der Waals surface area contributed by atoms with Gasteiger partial charge in [-0.2, -0.15) is 0 Å². The van der Waals surface area contributed by atoms with Gasteiger partial charge in [0, 0.05) is 17.0 Å². The van der Waals surface area contributed by atoms with E-state index in [0.29, 0.717) is 0 Å². The first kappa shape index (κ1) is 14.1. The fourth-order valence-electron chi connectivity index (χ4n) is 2.59. The van der Waals surface area contributed by atoms with E-state index in [1.165, 1.54) is 43.9 Å². The highest BCUT2D eigenvalue weighted by atomic mass is 16.3. The molecule has 2 aromatic rings. The number of benzene rings is 1.